The summed E-state index contributed by atoms with van der Waals surface area (Å²) in [5.74, 6) is -0.787. The zero-order valence-corrected chi connectivity index (χ0v) is 22.6. The molecule has 1 aliphatic rings. The highest BCUT2D eigenvalue weighted by molar-refractivity contribution is 6.34. The molecule has 1 unspecified atom stereocenters. The first kappa shape index (κ1) is 26.5. The van der Waals surface area contributed by atoms with Crippen LogP contribution in [0.15, 0.2) is 85.1 Å². The average molecular weight is 563 g/mol. The third-order valence-electron chi connectivity index (χ3n) is 6.76. The van der Waals surface area contributed by atoms with Crippen molar-refractivity contribution in [2.75, 3.05) is 11.4 Å². The van der Waals surface area contributed by atoms with Crippen molar-refractivity contribution in [3.63, 3.8) is 0 Å². The van der Waals surface area contributed by atoms with Crippen LogP contribution >= 0.6 is 23.2 Å². The fourth-order valence-corrected chi connectivity index (χ4v) is 5.26. The Hall–Kier alpha value is -4.14. The van der Waals surface area contributed by atoms with Gasteiger partial charge in [0, 0.05) is 29.4 Å². The van der Waals surface area contributed by atoms with E-state index in [1.54, 1.807) is 30.9 Å². The van der Waals surface area contributed by atoms with Gasteiger partial charge in [0.25, 0.3) is 11.6 Å². The molecule has 0 fully saturated rings. The van der Waals surface area contributed by atoms with Crippen LogP contribution in [0.4, 0.5) is 11.4 Å². The van der Waals surface area contributed by atoms with Gasteiger partial charge in [-0.2, -0.15) is 0 Å². The van der Waals surface area contributed by atoms with Gasteiger partial charge in [0.2, 0.25) is 5.91 Å². The number of para-hydroxylation sites is 2. The molecule has 5 rings (SSSR count). The number of nitro benzene ring substituents is 1. The number of nitrogens with zero attached hydrogens (tertiary/aromatic N) is 4. The molecule has 0 radical (unpaired) electrons. The molecule has 10 heteroatoms. The molecule has 0 N–H and O–H groups in total. The lowest BCUT2D eigenvalue weighted by Crippen LogP contribution is -2.48. The quantitative estimate of drug-likeness (QED) is 0.193. The average Bonchev–Trinajstić information content (AvgIpc) is 3.41. The van der Waals surface area contributed by atoms with Gasteiger partial charge in [0.1, 0.15) is 12.6 Å². The summed E-state index contributed by atoms with van der Waals surface area (Å²) in [5, 5.41) is 11.7. The molecule has 1 aromatic heterocycles. The van der Waals surface area contributed by atoms with E-state index in [4.69, 9.17) is 23.2 Å². The number of non-ortho nitro benzene ring substituents is 1. The molecule has 0 saturated carbocycles. The Bertz CT molecular complexity index is 1580. The molecule has 0 aliphatic carbocycles. The fourth-order valence-electron chi connectivity index (χ4n) is 4.88. The highest BCUT2D eigenvalue weighted by Gasteiger charge is 2.37. The van der Waals surface area contributed by atoms with Crippen molar-refractivity contribution in [2.24, 2.45) is 0 Å². The van der Waals surface area contributed by atoms with E-state index in [0.29, 0.717) is 10.7 Å². The Labute approximate surface area is 235 Å². The maximum Gasteiger partial charge on any atom is 0.270 e. The summed E-state index contributed by atoms with van der Waals surface area (Å²) in [6, 6.07) is 21.7. The van der Waals surface area contributed by atoms with Crippen molar-refractivity contribution in [2.45, 2.75) is 25.9 Å². The summed E-state index contributed by atoms with van der Waals surface area (Å²) in [5.41, 5.74) is 3.18. The lowest BCUT2D eigenvalue weighted by Gasteiger charge is -2.40. The van der Waals surface area contributed by atoms with Gasteiger partial charge in [0.15, 0.2) is 0 Å². The van der Waals surface area contributed by atoms with Crippen LogP contribution < -0.4 is 4.90 Å². The van der Waals surface area contributed by atoms with Gasteiger partial charge in [-0.3, -0.25) is 24.6 Å². The summed E-state index contributed by atoms with van der Waals surface area (Å²) in [7, 11) is 0. The molecule has 1 aliphatic heterocycles. The van der Waals surface area contributed by atoms with Gasteiger partial charge >= 0.3 is 0 Å². The lowest BCUT2D eigenvalue weighted by molar-refractivity contribution is -0.384. The largest absolute Gasteiger partial charge is 0.327 e. The molecule has 0 saturated heterocycles. The minimum Gasteiger partial charge on any atom is -0.327 e. The number of fused-ring (bicyclic) bond motifs is 3. The van der Waals surface area contributed by atoms with Gasteiger partial charge in [-0.25, -0.2) is 0 Å². The standard InChI is InChI=1S/C29H24Cl2N4O4/c1-18(2)33(29(37)22-14-13-21(35(38)39)16-23(22)31)17-27(36)34-25-7-4-3-6-24(25)32-15-5-8-26(32)28(34)19-9-11-20(30)12-10-19/h3-16,18,28H,17H2,1-2H3. The molecular formula is C29H24Cl2N4O4. The highest BCUT2D eigenvalue weighted by Crippen LogP contribution is 2.42. The number of hydrogen-bond acceptors (Lipinski definition) is 4. The maximum atomic E-state index is 14.2. The van der Waals surface area contributed by atoms with Gasteiger partial charge < -0.3 is 9.47 Å². The minimum absolute atomic E-state index is 0.0486. The first-order chi connectivity index (χ1) is 18.7. The number of nitro groups is 1. The molecule has 2 heterocycles. The van der Waals surface area contributed by atoms with Crippen LogP contribution in [0.3, 0.4) is 0 Å². The zero-order valence-electron chi connectivity index (χ0n) is 21.1. The summed E-state index contributed by atoms with van der Waals surface area (Å²) >= 11 is 12.4. The van der Waals surface area contributed by atoms with E-state index in [-0.39, 0.29) is 34.8 Å². The van der Waals surface area contributed by atoms with Crippen LogP contribution in [0.1, 0.15) is 41.5 Å². The number of halogens is 2. The van der Waals surface area contributed by atoms with Gasteiger partial charge in [0.05, 0.1) is 32.6 Å². The summed E-state index contributed by atoms with van der Waals surface area (Å²) in [4.78, 5) is 41.5. The number of aromatic nitrogens is 1. The Balaban J connectivity index is 1.55. The van der Waals surface area contributed by atoms with Crippen LogP contribution in [-0.4, -0.2) is 38.8 Å². The van der Waals surface area contributed by atoms with Crippen LogP contribution in [0, 0.1) is 10.1 Å². The van der Waals surface area contributed by atoms with Crippen molar-refractivity contribution >= 4 is 46.4 Å². The Kier molecular flexibility index (Phi) is 7.16. The van der Waals surface area contributed by atoms with Gasteiger partial charge in [-0.15, -0.1) is 0 Å². The highest BCUT2D eigenvalue weighted by atomic mass is 35.5. The predicted octanol–water partition coefficient (Wildman–Crippen LogP) is 6.68. The van der Waals surface area contributed by atoms with E-state index < -0.39 is 16.9 Å². The summed E-state index contributed by atoms with van der Waals surface area (Å²) < 4.78 is 2.06. The predicted molar refractivity (Wildman–Crippen MR) is 151 cm³/mol. The van der Waals surface area contributed by atoms with Crippen LogP contribution in [-0.2, 0) is 4.79 Å². The number of carbonyl (C=O) groups excluding carboxylic acids is 2. The van der Waals surface area contributed by atoms with E-state index in [0.717, 1.165) is 23.0 Å². The van der Waals surface area contributed by atoms with Crippen LogP contribution in [0.2, 0.25) is 10.0 Å². The number of benzene rings is 3. The van der Waals surface area contributed by atoms with Crippen molar-refractivity contribution < 1.29 is 14.5 Å². The molecule has 198 valence electrons. The van der Waals surface area contributed by atoms with E-state index >= 15 is 0 Å². The van der Waals surface area contributed by atoms with E-state index in [1.807, 2.05) is 54.7 Å². The topological polar surface area (TPSA) is 88.7 Å². The van der Waals surface area contributed by atoms with Gasteiger partial charge in [-0.05, 0) is 61.9 Å². The SMILES string of the molecule is CC(C)N(CC(=O)N1c2ccccc2-n2cccc2C1c1ccc(Cl)cc1)C(=O)c1ccc([N+](=O)[O-])cc1Cl. The molecule has 1 atom stereocenters. The Morgan fingerprint density at radius 2 is 1.67 bits per heavy atom. The van der Waals surface area contributed by atoms with Crippen LogP contribution in [0.5, 0.6) is 0 Å². The number of rotatable bonds is 6. The molecular weight excluding hydrogens is 539 g/mol. The number of anilines is 1. The van der Waals surface area contributed by atoms with Crippen molar-refractivity contribution in [3.8, 4) is 5.69 Å². The second kappa shape index (κ2) is 10.6. The Morgan fingerprint density at radius 1 is 0.974 bits per heavy atom. The molecule has 39 heavy (non-hydrogen) atoms. The number of amides is 2. The number of carbonyl (C=O) groups is 2. The summed E-state index contributed by atoms with van der Waals surface area (Å²) in [6.07, 6.45) is 1.96. The van der Waals surface area contributed by atoms with E-state index in [1.165, 1.54) is 17.0 Å². The van der Waals surface area contributed by atoms with Crippen molar-refractivity contribution in [1.82, 2.24) is 9.47 Å². The summed E-state index contributed by atoms with van der Waals surface area (Å²) in [6.45, 7) is 3.37. The normalized spacial score (nSPS) is 14.1. The third-order valence-corrected chi connectivity index (χ3v) is 7.32. The molecule has 3 aromatic carbocycles. The molecule has 8 nitrogen and oxygen atoms in total. The lowest BCUT2D eigenvalue weighted by atomic mass is 9.97. The maximum absolute atomic E-state index is 14.2. The Morgan fingerprint density at radius 3 is 2.31 bits per heavy atom. The third kappa shape index (κ3) is 4.89. The molecule has 4 aromatic rings. The van der Waals surface area contributed by atoms with E-state index in [9.17, 15) is 19.7 Å². The van der Waals surface area contributed by atoms with Crippen molar-refractivity contribution in [3.05, 3.63) is 122 Å². The van der Waals surface area contributed by atoms with Crippen LogP contribution in [0.25, 0.3) is 5.69 Å². The monoisotopic (exact) mass is 562 g/mol. The smallest absolute Gasteiger partial charge is 0.270 e. The molecule has 0 spiro atoms. The van der Waals surface area contributed by atoms with Crippen molar-refractivity contribution in [1.29, 1.82) is 0 Å². The van der Waals surface area contributed by atoms with Gasteiger partial charge in [-0.1, -0.05) is 47.5 Å². The minimum atomic E-state index is -0.579. The number of hydrogen-bond donors (Lipinski definition) is 0. The zero-order chi connectivity index (χ0) is 27.8. The second-order valence-corrected chi connectivity index (χ2v) is 10.3. The first-order valence-electron chi connectivity index (χ1n) is 12.3. The second-order valence-electron chi connectivity index (χ2n) is 9.46. The van der Waals surface area contributed by atoms with E-state index in [2.05, 4.69) is 4.57 Å². The fraction of sp³-hybridized carbons (Fsp3) is 0.172. The molecule has 2 amide bonds. The molecule has 0 bridgehead atoms. The first-order valence-corrected chi connectivity index (χ1v) is 13.0.